The maximum atomic E-state index is 13.3. The van der Waals surface area contributed by atoms with Gasteiger partial charge in [0.25, 0.3) is 0 Å². The molecule has 1 atom stereocenters. The maximum absolute atomic E-state index is 13.3. The van der Waals surface area contributed by atoms with E-state index in [9.17, 15) is 4.39 Å². The summed E-state index contributed by atoms with van der Waals surface area (Å²) in [7, 11) is 1.86. The molecular formula is C12H16BrClFNO. The lowest BCUT2D eigenvalue weighted by Crippen LogP contribution is -2.33. The molecule has 2 nitrogen and oxygen atoms in total. The zero-order chi connectivity index (χ0) is 13.0. The molecule has 0 radical (unpaired) electrons. The molecule has 1 unspecified atom stereocenters. The molecule has 0 aromatic heterocycles. The van der Waals surface area contributed by atoms with E-state index in [1.165, 1.54) is 12.1 Å². The van der Waals surface area contributed by atoms with Crippen LogP contribution in [0.1, 0.15) is 13.8 Å². The number of hydrogen-bond acceptors (Lipinski definition) is 2. The second-order valence-electron chi connectivity index (χ2n) is 4.15. The average Bonchev–Trinajstić information content (AvgIpc) is 2.24. The summed E-state index contributed by atoms with van der Waals surface area (Å²) in [4.78, 5) is 0. The molecule has 1 aromatic rings. The van der Waals surface area contributed by atoms with Crippen LogP contribution < -0.4 is 10.1 Å². The Morgan fingerprint density at radius 3 is 2.65 bits per heavy atom. The molecule has 1 rings (SSSR count). The van der Waals surface area contributed by atoms with Crippen LogP contribution in [0.2, 0.25) is 5.02 Å². The Hall–Kier alpha value is -0.320. The van der Waals surface area contributed by atoms with Crippen molar-refractivity contribution in [3.63, 3.8) is 0 Å². The first-order valence-corrected chi connectivity index (χ1v) is 6.58. The van der Waals surface area contributed by atoms with Crippen molar-refractivity contribution in [2.24, 2.45) is 5.92 Å². The molecule has 96 valence electrons. The van der Waals surface area contributed by atoms with Gasteiger partial charge < -0.3 is 10.1 Å². The topological polar surface area (TPSA) is 21.3 Å². The van der Waals surface area contributed by atoms with Gasteiger partial charge in [-0.05, 0) is 35.0 Å². The molecule has 0 fully saturated rings. The second-order valence-corrected chi connectivity index (χ2v) is 5.42. The van der Waals surface area contributed by atoms with Crippen LogP contribution in [0, 0.1) is 11.7 Å². The van der Waals surface area contributed by atoms with E-state index in [0.29, 0.717) is 22.7 Å². The number of benzene rings is 1. The smallest absolute Gasteiger partial charge is 0.145 e. The summed E-state index contributed by atoms with van der Waals surface area (Å²) in [5.74, 6) is 0.325. The molecule has 0 aliphatic carbocycles. The highest BCUT2D eigenvalue weighted by molar-refractivity contribution is 9.10. The van der Waals surface area contributed by atoms with E-state index in [0.717, 1.165) is 0 Å². The predicted octanol–water partition coefficient (Wildman–Crippen LogP) is 3.86. The summed E-state index contributed by atoms with van der Waals surface area (Å²) in [6.07, 6.45) is -0.0168. The van der Waals surface area contributed by atoms with E-state index < -0.39 is 5.82 Å². The Morgan fingerprint density at radius 2 is 2.12 bits per heavy atom. The highest BCUT2D eigenvalue weighted by Gasteiger charge is 2.17. The van der Waals surface area contributed by atoms with Crippen molar-refractivity contribution in [1.82, 2.24) is 5.32 Å². The number of ether oxygens (including phenoxy) is 1. The van der Waals surface area contributed by atoms with Crippen molar-refractivity contribution in [2.75, 3.05) is 13.6 Å². The number of nitrogens with one attached hydrogen (secondary N) is 1. The average molecular weight is 325 g/mol. The van der Waals surface area contributed by atoms with E-state index >= 15 is 0 Å². The van der Waals surface area contributed by atoms with Gasteiger partial charge in [-0.25, -0.2) is 4.39 Å². The Morgan fingerprint density at radius 1 is 1.47 bits per heavy atom. The van der Waals surface area contributed by atoms with Crippen LogP contribution >= 0.6 is 27.5 Å². The molecule has 17 heavy (non-hydrogen) atoms. The minimum Gasteiger partial charge on any atom is -0.488 e. The fraction of sp³-hybridized carbons (Fsp3) is 0.500. The van der Waals surface area contributed by atoms with Gasteiger partial charge in [0.05, 0.1) is 9.50 Å². The largest absolute Gasteiger partial charge is 0.488 e. The summed E-state index contributed by atoms with van der Waals surface area (Å²) in [6.45, 7) is 4.82. The SMILES string of the molecule is CNCC(Oc1cc(F)c(Cl)cc1Br)C(C)C. The predicted molar refractivity (Wildman–Crippen MR) is 72.3 cm³/mol. The van der Waals surface area contributed by atoms with Gasteiger partial charge in [0, 0.05) is 12.6 Å². The highest BCUT2D eigenvalue weighted by atomic mass is 79.9. The van der Waals surface area contributed by atoms with Gasteiger partial charge >= 0.3 is 0 Å². The third kappa shape index (κ3) is 4.12. The first-order chi connectivity index (χ1) is 7.95. The Labute approximate surface area is 115 Å². The Balaban J connectivity index is 2.89. The summed E-state index contributed by atoms with van der Waals surface area (Å²) in [5.41, 5.74) is 0. The molecule has 0 saturated heterocycles. The fourth-order valence-electron chi connectivity index (χ4n) is 1.37. The van der Waals surface area contributed by atoms with Crippen molar-refractivity contribution in [3.05, 3.63) is 27.4 Å². The molecule has 5 heteroatoms. The monoisotopic (exact) mass is 323 g/mol. The van der Waals surface area contributed by atoms with E-state index in [4.69, 9.17) is 16.3 Å². The summed E-state index contributed by atoms with van der Waals surface area (Å²) in [5, 5.41) is 3.14. The van der Waals surface area contributed by atoms with Crippen LogP contribution in [-0.4, -0.2) is 19.7 Å². The lowest BCUT2D eigenvalue weighted by Gasteiger charge is -2.23. The summed E-state index contributed by atoms with van der Waals surface area (Å²) >= 11 is 8.99. The minimum atomic E-state index is -0.475. The number of rotatable bonds is 5. The minimum absolute atomic E-state index is 0.0168. The van der Waals surface area contributed by atoms with Crippen LogP contribution in [0.4, 0.5) is 4.39 Å². The zero-order valence-electron chi connectivity index (χ0n) is 10.1. The molecule has 0 aliphatic rings. The normalized spacial score (nSPS) is 12.9. The third-order valence-corrected chi connectivity index (χ3v) is 3.31. The third-order valence-electron chi connectivity index (χ3n) is 2.40. The molecule has 0 bridgehead atoms. The van der Waals surface area contributed by atoms with Crippen molar-refractivity contribution >= 4 is 27.5 Å². The quantitative estimate of drug-likeness (QED) is 0.830. The lowest BCUT2D eigenvalue weighted by molar-refractivity contribution is 0.150. The van der Waals surface area contributed by atoms with Gasteiger partial charge in [0.15, 0.2) is 0 Å². The molecule has 0 amide bonds. The first kappa shape index (κ1) is 14.7. The maximum Gasteiger partial charge on any atom is 0.145 e. The van der Waals surface area contributed by atoms with Crippen LogP contribution in [0.5, 0.6) is 5.75 Å². The molecule has 0 heterocycles. The van der Waals surface area contributed by atoms with Gasteiger partial charge in [0.1, 0.15) is 17.7 Å². The van der Waals surface area contributed by atoms with Gasteiger partial charge in [-0.2, -0.15) is 0 Å². The van der Waals surface area contributed by atoms with Crippen molar-refractivity contribution in [3.8, 4) is 5.75 Å². The molecule has 0 aliphatic heterocycles. The first-order valence-electron chi connectivity index (χ1n) is 5.41. The summed E-state index contributed by atoms with van der Waals surface area (Å²) in [6, 6.07) is 2.81. The van der Waals surface area contributed by atoms with E-state index in [2.05, 4.69) is 35.1 Å². The fourth-order valence-corrected chi connectivity index (χ4v) is 2.10. The number of likely N-dealkylation sites (N-methyl/N-ethyl adjacent to an activating group) is 1. The van der Waals surface area contributed by atoms with Crippen molar-refractivity contribution < 1.29 is 9.13 Å². The summed E-state index contributed by atoms with van der Waals surface area (Å²) < 4.78 is 19.8. The van der Waals surface area contributed by atoms with Crippen LogP contribution in [0.15, 0.2) is 16.6 Å². The van der Waals surface area contributed by atoms with Gasteiger partial charge in [-0.15, -0.1) is 0 Å². The molecule has 0 spiro atoms. The molecule has 0 saturated carbocycles. The Bertz CT molecular complexity index is 387. The van der Waals surface area contributed by atoms with Crippen LogP contribution in [0.25, 0.3) is 0 Å². The standard InChI is InChI=1S/C12H16BrClFNO/c1-7(2)12(6-16-3)17-11-5-10(15)9(14)4-8(11)13/h4-5,7,12,16H,6H2,1-3H3. The number of hydrogen-bond donors (Lipinski definition) is 1. The lowest BCUT2D eigenvalue weighted by atomic mass is 10.1. The zero-order valence-corrected chi connectivity index (χ0v) is 12.4. The van der Waals surface area contributed by atoms with Crippen molar-refractivity contribution in [1.29, 1.82) is 0 Å². The number of halogens is 3. The van der Waals surface area contributed by atoms with Gasteiger partial charge in [0.2, 0.25) is 0 Å². The van der Waals surface area contributed by atoms with Crippen LogP contribution in [0.3, 0.4) is 0 Å². The van der Waals surface area contributed by atoms with Crippen molar-refractivity contribution in [2.45, 2.75) is 20.0 Å². The van der Waals surface area contributed by atoms with E-state index in [-0.39, 0.29) is 11.1 Å². The van der Waals surface area contributed by atoms with Gasteiger partial charge in [-0.1, -0.05) is 25.4 Å². The van der Waals surface area contributed by atoms with Gasteiger partial charge in [-0.3, -0.25) is 0 Å². The Kier molecular flexibility index (Phi) is 5.70. The molecule has 1 N–H and O–H groups in total. The molecule has 1 aromatic carbocycles. The highest BCUT2D eigenvalue weighted by Crippen LogP contribution is 2.31. The van der Waals surface area contributed by atoms with E-state index in [1.807, 2.05) is 7.05 Å². The second kappa shape index (κ2) is 6.57. The van der Waals surface area contributed by atoms with Crippen LogP contribution in [-0.2, 0) is 0 Å². The molecular weight excluding hydrogens is 308 g/mol. The van der Waals surface area contributed by atoms with E-state index in [1.54, 1.807) is 0 Å².